The maximum Gasteiger partial charge on any atom is 0.182 e. The fourth-order valence-electron chi connectivity index (χ4n) is 0.558. The Balaban J connectivity index is 2.23. The molecule has 1 N–H and O–H groups in total. The second-order valence-electron chi connectivity index (χ2n) is 1.72. The van der Waals surface area contributed by atoms with Crippen LogP contribution in [0, 0.1) is 7.05 Å². The lowest BCUT2D eigenvalue weighted by atomic mass is 10.6. The summed E-state index contributed by atoms with van der Waals surface area (Å²) in [6, 6.07) is 0. The van der Waals surface area contributed by atoms with Gasteiger partial charge in [-0.1, -0.05) is 0 Å². The molecule has 1 radical (unpaired) electrons. The van der Waals surface area contributed by atoms with Gasteiger partial charge in [-0.05, 0) is 0 Å². The first-order chi connectivity index (χ1) is 3.79. The highest BCUT2D eigenvalue weighted by Gasteiger charge is 2.14. The molecule has 1 heterocycles. The monoisotopic (exact) mass is 134 g/mol. The third kappa shape index (κ3) is 1.67. The van der Waals surface area contributed by atoms with Crippen molar-refractivity contribution in [3.05, 3.63) is 7.05 Å². The number of hydrogen-bond donors (Lipinski definition) is 1. The maximum atomic E-state index is 8.84. The predicted molar refractivity (Wildman–Crippen MR) is 32.0 cm³/mol. The lowest BCUT2D eigenvalue weighted by Crippen LogP contribution is -2.25. The van der Waals surface area contributed by atoms with Crippen LogP contribution in [0.2, 0.25) is 0 Å². The van der Waals surface area contributed by atoms with Gasteiger partial charge in [0.15, 0.2) is 8.38 Å². The molecule has 1 unspecified atom stereocenters. The van der Waals surface area contributed by atoms with Crippen molar-refractivity contribution in [2.45, 2.75) is 0 Å². The lowest BCUT2D eigenvalue weighted by Gasteiger charge is -2.24. The summed E-state index contributed by atoms with van der Waals surface area (Å²) in [7, 11) is 2.49. The van der Waals surface area contributed by atoms with Gasteiger partial charge in [0.2, 0.25) is 0 Å². The van der Waals surface area contributed by atoms with Crippen LogP contribution in [0.4, 0.5) is 0 Å². The average Bonchev–Trinajstić information content (AvgIpc) is 1.64. The Morgan fingerprint density at radius 2 is 2.50 bits per heavy atom. The molecule has 47 valence electrons. The van der Waals surface area contributed by atoms with E-state index in [4.69, 9.17) is 9.42 Å². The number of rotatable bonds is 0. The summed E-state index contributed by atoms with van der Waals surface area (Å²) in [4.78, 5) is 10.7. The SMILES string of the molecule is [CH2]N1CCOP(O)C1. The van der Waals surface area contributed by atoms with Gasteiger partial charge in [-0.3, -0.25) is 4.90 Å². The quantitative estimate of drug-likeness (QED) is 0.486. The second-order valence-corrected chi connectivity index (χ2v) is 2.97. The Labute approximate surface area is 50.2 Å². The topological polar surface area (TPSA) is 32.7 Å². The normalized spacial score (nSPS) is 33.0. The van der Waals surface area contributed by atoms with Crippen molar-refractivity contribution in [3.63, 3.8) is 0 Å². The van der Waals surface area contributed by atoms with Crippen LogP contribution in [0.25, 0.3) is 0 Å². The summed E-state index contributed by atoms with van der Waals surface area (Å²) in [6.07, 6.45) is 0.593. The van der Waals surface area contributed by atoms with E-state index in [1.807, 2.05) is 4.90 Å². The molecule has 8 heavy (non-hydrogen) atoms. The van der Waals surface area contributed by atoms with E-state index < -0.39 is 8.38 Å². The van der Waals surface area contributed by atoms with E-state index in [1.54, 1.807) is 0 Å². The van der Waals surface area contributed by atoms with E-state index in [0.717, 1.165) is 6.54 Å². The van der Waals surface area contributed by atoms with E-state index >= 15 is 0 Å². The molecule has 1 saturated heterocycles. The van der Waals surface area contributed by atoms with Gasteiger partial charge in [0.1, 0.15) is 0 Å². The molecular formula is C4H9NO2P. The van der Waals surface area contributed by atoms with Crippen LogP contribution in [-0.4, -0.2) is 29.2 Å². The van der Waals surface area contributed by atoms with Crippen LogP contribution in [-0.2, 0) is 4.52 Å². The lowest BCUT2D eigenvalue weighted by molar-refractivity contribution is 0.220. The van der Waals surface area contributed by atoms with Gasteiger partial charge in [0.25, 0.3) is 0 Å². The molecule has 1 fully saturated rings. The van der Waals surface area contributed by atoms with Crippen molar-refractivity contribution in [2.75, 3.05) is 19.4 Å². The molecule has 0 aromatic carbocycles. The summed E-state index contributed by atoms with van der Waals surface area (Å²) >= 11 is 0. The standard InChI is InChI=1S/C4H9NO2P/c1-5-2-3-7-8(6)4-5/h6H,1-4H2. The summed E-state index contributed by atoms with van der Waals surface area (Å²) in [5.74, 6) is 0. The largest absolute Gasteiger partial charge is 0.349 e. The molecule has 0 aromatic rings. The van der Waals surface area contributed by atoms with Crippen molar-refractivity contribution in [1.29, 1.82) is 0 Å². The third-order valence-corrected chi connectivity index (χ3v) is 2.09. The number of nitrogens with zero attached hydrogens (tertiary/aromatic N) is 1. The Kier molecular flexibility index (Phi) is 2.20. The van der Waals surface area contributed by atoms with Crippen molar-refractivity contribution < 1.29 is 9.42 Å². The van der Waals surface area contributed by atoms with E-state index in [1.165, 1.54) is 0 Å². The minimum Gasteiger partial charge on any atom is -0.349 e. The zero-order chi connectivity index (χ0) is 5.98. The van der Waals surface area contributed by atoms with Gasteiger partial charge in [-0.25, -0.2) is 0 Å². The Hall–Kier alpha value is 0.310. The van der Waals surface area contributed by atoms with E-state index in [0.29, 0.717) is 12.9 Å². The van der Waals surface area contributed by atoms with Crippen molar-refractivity contribution in [1.82, 2.24) is 4.90 Å². The molecule has 1 atom stereocenters. The van der Waals surface area contributed by atoms with Crippen LogP contribution in [0.5, 0.6) is 0 Å². The highest BCUT2D eigenvalue weighted by Crippen LogP contribution is 2.34. The summed E-state index contributed by atoms with van der Waals surface area (Å²) < 4.78 is 4.89. The molecule has 1 aliphatic heterocycles. The van der Waals surface area contributed by atoms with E-state index in [2.05, 4.69) is 7.05 Å². The van der Waals surface area contributed by atoms with Crippen LogP contribution in [0.3, 0.4) is 0 Å². The highest BCUT2D eigenvalue weighted by atomic mass is 31.2. The molecular weight excluding hydrogens is 125 g/mol. The molecule has 0 saturated carbocycles. The smallest absolute Gasteiger partial charge is 0.182 e. The minimum atomic E-state index is -1.17. The van der Waals surface area contributed by atoms with Crippen LogP contribution >= 0.6 is 8.38 Å². The summed E-state index contributed by atoms with van der Waals surface area (Å²) in [5, 5.41) is 0. The van der Waals surface area contributed by atoms with Gasteiger partial charge in [0.05, 0.1) is 12.9 Å². The van der Waals surface area contributed by atoms with Gasteiger partial charge < -0.3 is 9.42 Å². The van der Waals surface area contributed by atoms with Gasteiger partial charge in [-0.2, -0.15) is 0 Å². The molecule has 0 amide bonds. The molecule has 0 aliphatic carbocycles. The molecule has 0 aromatic heterocycles. The Morgan fingerprint density at radius 1 is 1.75 bits per heavy atom. The predicted octanol–water partition coefficient (Wildman–Crippen LogP) is 0.372. The van der Waals surface area contributed by atoms with Crippen LogP contribution in [0.1, 0.15) is 0 Å². The minimum absolute atomic E-state index is 0.593. The molecule has 3 nitrogen and oxygen atoms in total. The first-order valence-corrected chi connectivity index (χ1v) is 3.83. The van der Waals surface area contributed by atoms with Crippen molar-refractivity contribution in [3.8, 4) is 0 Å². The van der Waals surface area contributed by atoms with Crippen molar-refractivity contribution in [2.24, 2.45) is 0 Å². The van der Waals surface area contributed by atoms with E-state index in [-0.39, 0.29) is 0 Å². The average molecular weight is 134 g/mol. The Bertz CT molecular complexity index is 72.4. The number of hydrogen-bond acceptors (Lipinski definition) is 3. The maximum absolute atomic E-state index is 8.84. The molecule has 0 spiro atoms. The Morgan fingerprint density at radius 3 is 2.88 bits per heavy atom. The first kappa shape index (κ1) is 6.43. The van der Waals surface area contributed by atoms with E-state index in [9.17, 15) is 0 Å². The van der Waals surface area contributed by atoms with Gasteiger partial charge in [0, 0.05) is 13.6 Å². The summed E-state index contributed by atoms with van der Waals surface area (Å²) in [5.41, 5.74) is 0. The molecule has 1 aliphatic rings. The van der Waals surface area contributed by atoms with Gasteiger partial charge in [-0.15, -0.1) is 0 Å². The molecule has 1 rings (SSSR count). The fraction of sp³-hybridized carbons (Fsp3) is 0.750. The van der Waals surface area contributed by atoms with Gasteiger partial charge >= 0.3 is 0 Å². The molecule has 4 heteroatoms. The van der Waals surface area contributed by atoms with Crippen LogP contribution < -0.4 is 0 Å². The fourth-order valence-corrected chi connectivity index (χ4v) is 1.42. The van der Waals surface area contributed by atoms with Crippen LogP contribution in [0.15, 0.2) is 0 Å². The second kappa shape index (κ2) is 2.74. The third-order valence-electron chi connectivity index (χ3n) is 0.969. The van der Waals surface area contributed by atoms with Crippen molar-refractivity contribution >= 4 is 8.38 Å². The first-order valence-electron chi connectivity index (χ1n) is 2.44. The summed E-state index contributed by atoms with van der Waals surface area (Å²) in [6.45, 7) is 1.45. The highest BCUT2D eigenvalue weighted by molar-refractivity contribution is 7.46. The zero-order valence-electron chi connectivity index (χ0n) is 4.58. The zero-order valence-corrected chi connectivity index (χ0v) is 5.47. The molecule has 0 bridgehead atoms.